The van der Waals surface area contributed by atoms with Crippen LogP contribution in [0.25, 0.3) is 0 Å². The second-order valence-electron chi connectivity index (χ2n) is 6.26. The molecule has 2 atom stereocenters. The number of rotatable bonds is 2. The average Bonchev–Trinajstić information content (AvgIpc) is 3.08. The largest absolute Gasteiger partial charge is 0.352 e. The van der Waals surface area contributed by atoms with Crippen LogP contribution in [0.3, 0.4) is 0 Å². The number of hydrogen-bond acceptors (Lipinski definition) is 3. The van der Waals surface area contributed by atoms with Crippen molar-refractivity contribution in [3.8, 4) is 0 Å². The topological polar surface area (TPSA) is 32.8 Å². The fourth-order valence-electron chi connectivity index (χ4n) is 4.03. The van der Waals surface area contributed by atoms with Crippen LogP contribution in [0.15, 0.2) is 18.2 Å². The average molecular weight is 307 g/mol. The molecule has 0 saturated carbocycles. The van der Waals surface area contributed by atoms with Crippen molar-refractivity contribution >= 4 is 17.5 Å². The van der Waals surface area contributed by atoms with Crippen molar-refractivity contribution in [3.63, 3.8) is 0 Å². The predicted octanol–water partition coefficient (Wildman–Crippen LogP) is 2.18. The Hall–Kier alpha value is -1.10. The molecule has 1 amide bonds. The van der Waals surface area contributed by atoms with Crippen LogP contribution in [0, 0.1) is 6.92 Å². The van der Waals surface area contributed by atoms with E-state index in [4.69, 9.17) is 16.3 Å². The summed E-state index contributed by atoms with van der Waals surface area (Å²) in [5.41, 5.74) is 1.96. The molecule has 3 fully saturated rings. The maximum atomic E-state index is 12.2. The Balaban J connectivity index is 1.57. The highest BCUT2D eigenvalue weighted by molar-refractivity contribution is 6.31. The summed E-state index contributed by atoms with van der Waals surface area (Å²) >= 11 is 6.22. The van der Waals surface area contributed by atoms with Gasteiger partial charge in [-0.05, 0) is 24.1 Å². The Kier molecular flexibility index (Phi) is 3.03. The number of benzene rings is 1. The van der Waals surface area contributed by atoms with Gasteiger partial charge in [0.25, 0.3) is 0 Å². The molecule has 5 heteroatoms. The molecule has 112 valence electrons. The van der Waals surface area contributed by atoms with Crippen LogP contribution in [0.2, 0.25) is 5.02 Å². The fraction of sp³-hybridized carbons (Fsp3) is 0.562. The zero-order valence-corrected chi connectivity index (χ0v) is 12.9. The Morgan fingerprint density at radius 1 is 1.43 bits per heavy atom. The lowest BCUT2D eigenvalue weighted by Gasteiger charge is -2.31. The van der Waals surface area contributed by atoms with Crippen molar-refractivity contribution in [2.24, 2.45) is 0 Å². The van der Waals surface area contributed by atoms with Gasteiger partial charge in [-0.15, -0.1) is 0 Å². The van der Waals surface area contributed by atoms with Gasteiger partial charge in [0.1, 0.15) is 0 Å². The number of hydrogen-bond donors (Lipinski definition) is 0. The first-order valence-electron chi connectivity index (χ1n) is 7.54. The van der Waals surface area contributed by atoms with E-state index in [0.29, 0.717) is 13.0 Å². The molecule has 0 aromatic heterocycles. The number of carbonyl (C=O) groups excluding carboxylic acids is 1. The number of nitrogens with zero attached hydrogens (tertiary/aromatic N) is 2. The highest BCUT2D eigenvalue weighted by Crippen LogP contribution is 2.45. The number of carbonyl (C=O) groups is 1. The summed E-state index contributed by atoms with van der Waals surface area (Å²) in [6.45, 7) is 5.24. The van der Waals surface area contributed by atoms with Gasteiger partial charge in [-0.3, -0.25) is 9.69 Å². The lowest BCUT2D eigenvalue weighted by molar-refractivity contribution is -0.136. The first-order valence-corrected chi connectivity index (χ1v) is 7.91. The molecule has 4 rings (SSSR count). The van der Waals surface area contributed by atoms with Crippen molar-refractivity contribution in [1.82, 2.24) is 9.80 Å². The minimum absolute atomic E-state index is 0.188. The van der Waals surface area contributed by atoms with Gasteiger partial charge in [0.2, 0.25) is 5.91 Å². The maximum Gasteiger partial charge on any atom is 0.226 e. The lowest BCUT2D eigenvalue weighted by Crippen LogP contribution is -2.47. The molecule has 0 aliphatic carbocycles. The SMILES string of the molecule is Cc1ccc(CN2CC[C@@]34OCCN3C(=O)C[C@@H]24)cc1Cl. The van der Waals surface area contributed by atoms with E-state index in [1.54, 1.807) is 0 Å². The number of aryl methyl sites for hydroxylation is 1. The van der Waals surface area contributed by atoms with E-state index in [1.807, 2.05) is 17.9 Å². The first-order chi connectivity index (χ1) is 10.1. The van der Waals surface area contributed by atoms with E-state index >= 15 is 0 Å². The smallest absolute Gasteiger partial charge is 0.226 e. The summed E-state index contributed by atoms with van der Waals surface area (Å²) < 4.78 is 6.01. The molecule has 3 saturated heterocycles. The predicted molar refractivity (Wildman–Crippen MR) is 80.0 cm³/mol. The molecule has 3 aliphatic rings. The van der Waals surface area contributed by atoms with Gasteiger partial charge < -0.3 is 9.64 Å². The molecule has 3 heterocycles. The molecule has 0 bridgehead atoms. The van der Waals surface area contributed by atoms with Gasteiger partial charge in [-0.25, -0.2) is 0 Å². The summed E-state index contributed by atoms with van der Waals surface area (Å²) in [4.78, 5) is 16.5. The molecule has 4 nitrogen and oxygen atoms in total. The highest BCUT2D eigenvalue weighted by atomic mass is 35.5. The number of ether oxygens (including phenoxy) is 1. The van der Waals surface area contributed by atoms with Gasteiger partial charge in [0.15, 0.2) is 5.72 Å². The number of likely N-dealkylation sites (tertiary alicyclic amines) is 1. The number of amides is 1. The van der Waals surface area contributed by atoms with Crippen LogP contribution >= 0.6 is 11.6 Å². The van der Waals surface area contributed by atoms with Crippen LogP contribution in [0.4, 0.5) is 0 Å². The Morgan fingerprint density at radius 3 is 3.10 bits per heavy atom. The summed E-state index contributed by atoms with van der Waals surface area (Å²) in [6, 6.07) is 6.40. The van der Waals surface area contributed by atoms with Gasteiger partial charge in [-0.1, -0.05) is 23.7 Å². The third kappa shape index (κ3) is 1.93. The number of halogens is 1. The zero-order chi connectivity index (χ0) is 14.6. The highest BCUT2D eigenvalue weighted by Gasteiger charge is 2.61. The van der Waals surface area contributed by atoms with Crippen LogP contribution in [0.5, 0.6) is 0 Å². The van der Waals surface area contributed by atoms with Crippen molar-refractivity contribution in [3.05, 3.63) is 34.3 Å². The summed E-state index contributed by atoms with van der Waals surface area (Å²) in [5, 5.41) is 0.808. The standard InChI is InChI=1S/C16H19ClN2O2/c1-11-2-3-12(8-13(11)17)10-18-5-4-16-14(18)9-15(20)19(16)6-7-21-16/h2-3,8,14H,4-7,9-10H2,1H3/t14-,16+/m1/s1. The van der Waals surface area contributed by atoms with Crippen LogP contribution < -0.4 is 0 Å². The fourth-order valence-corrected chi connectivity index (χ4v) is 4.24. The van der Waals surface area contributed by atoms with Crippen molar-refractivity contribution in [2.45, 2.75) is 38.1 Å². The van der Waals surface area contributed by atoms with Crippen molar-refractivity contribution in [2.75, 3.05) is 19.7 Å². The van der Waals surface area contributed by atoms with E-state index in [1.165, 1.54) is 5.56 Å². The molecule has 1 aromatic carbocycles. The van der Waals surface area contributed by atoms with Gasteiger partial charge in [0.05, 0.1) is 12.6 Å². The minimum Gasteiger partial charge on any atom is -0.352 e. The van der Waals surface area contributed by atoms with Crippen molar-refractivity contribution in [1.29, 1.82) is 0 Å². The third-order valence-electron chi connectivity index (χ3n) is 5.13. The van der Waals surface area contributed by atoms with Gasteiger partial charge >= 0.3 is 0 Å². The maximum absolute atomic E-state index is 12.2. The molecule has 0 N–H and O–H groups in total. The molecule has 21 heavy (non-hydrogen) atoms. The molecular weight excluding hydrogens is 288 g/mol. The van der Waals surface area contributed by atoms with Crippen molar-refractivity contribution < 1.29 is 9.53 Å². The van der Waals surface area contributed by atoms with Gasteiger partial charge in [-0.2, -0.15) is 0 Å². The first kappa shape index (κ1) is 13.6. The minimum atomic E-state index is -0.342. The molecule has 3 aliphatic heterocycles. The zero-order valence-electron chi connectivity index (χ0n) is 12.1. The normalized spacial score (nSPS) is 31.8. The molecule has 1 aromatic rings. The van der Waals surface area contributed by atoms with Crippen LogP contribution in [-0.4, -0.2) is 47.2 Å². The van der Waals surface area contributed by atoms with E-state index in [2.05, 4.69) is 17.0 Å². The van der Waals surface area contributed by atoms with Gasteiger partial charge in [0, 0.05) is 37.5 Å². The molecule has 1 spiro atoms. The quantitative estimate of drug-likeness (QED) is 0.839. The summed E-state index contributed by atoms with van der Waals surface area (Å²) in [6.07, 6.45) is 1.50. The molecular formula is C16H19ClN2O2. The van der Waals surface area contributed by atoms with E-state index in [0.717, 1.165) is 36.6 Å². The summed E-state index contributed by atoms with van der Waals surface area (Å²) in [7, 11) is 0. The Bertz CT molecular complexity index is 606. The Labute approximate surface area is 129 Å². The lowest BCUT2D eigenvalue weighted by atomic mass is 10.1. The molecule has 0 radical (unpaired) electrons. The third-order valence-corrected chi connectivity index (χ3v) is 5.54. The van der Waals surface area contributed by atoms with Crippen LogP contribution in [-0.2, 0) is 16.1 Å². The van der Waals surface area contributed by atoms with E-state index < -0.39 is 0 Å². The second kappa shape index (κ2) is 4.70. The second-order valence-corrected chi connectivity index (χ2v) is 6.67. The Morgan fingerprint density at radius 2 is 2.29 bits per heavy atom. The van der Waals surface area contributed by atoms with E-state index in [9.17, 15) is 4.79 Å². The van der Waals surface area contributed by atoms with E-state index in [-0.39, 0.29) is 17.7 Å². The summed E-state index contributed by atoms with van der Waals surface area (Å²) in [5.74, 6) is 0.240. The monoisotopic (exact) mass is 306 g/mol. The van der Waals surface area contributed by atoms with Crippen LogP contribution in [0.1, 0.15) is 24.0 Å². The molecule has 0 unspecified atom stereocenters.